The number of carbonyl (C=O) groups excluding carboxylic acids is 6. The Bertz CT molecular complexity index is 2260. The minimum atomic E-state index is -2.38. The van der Waals surface area contributed by atoms with Gasteiger partial charge in [-0.1, -0.05) is 63.2 Å². The predicted octanol–water partition coefficient (Wildman–Crippen LogP) is 4.19. The molecule has 1 amide bonds. The van der Waals surface area contributed by atoms with Gasteiger partial charge in [0.2, 0.25) is 0 Å². The maximum atomic E-state index is 15.6. The number of aliphatic hydroxyl groups is 3. The molecule has 3 aromatic rings. The molecule has 1 aliphatic heterocycles. The molecule has 7 rings (SSSR count). The predicted molar refractivity (Wildman–Crippen MR) is 220 cm³/mol. The average Bonchev–Trinajstić information content (AvgIpc) is 3.79. The normalized spacial score (nSPS) is 31.9. The van der Waals surface area contributed by atoms with Gasteiger partial charge in [0.05, 0.1) is 29.6 Å². The van der Waals surface area contributed by atoms with Crippen LogP contribution in [0.15, 0.2) is 89.3 Å². The molecule has 2 bridgehead atoms. The second-order valence-electron chi connectivity index (χ2n) is 17.2. The highest BCUT2D eigenvalue weighted by atomic mass is 32.1. The summed E-state index contributed by atoms with van der Waals surface area (Å²) in [5.74, 6) is -6.69. The van der Waals surface area contributed by atoms with Crippen LogP contribution in [0, 0.1) is 16.7 Å². The fraction of sp³-hybridized carbons (Fsp3) is 0.478. The smallest absolute Gasteiger partial charge is 0.338 e. The molecule has 3 fully saturated rings. The number of esters is 4. The third-order valence-corrected chi connectivity index (χ3v) is 14.4. The Morgan fingerprint density at radius 2 is 1.58 bits per heavy atom. The van der Waals surface area contributed by atoms with E-state index in [1.165, 1.54) is 44.2 Å². The minimum Gasteiger partial charge on any atom is -0.456 e. The first kappa shape index (κ1) is 44.8. The maximum Gasteiger partial charge on any atom is 0.338 e. The summed E-state index contributed by atoms with van der Waals surface area (Å²) in [6, 6.07) is 18.1. The first-order chi connectivity index (χ1) is 29.3. The van der Waals surface area contributed by atoms with E-state index >= 15 is 4.79 Å². The van der Waals surface area contributed by atoms with E-state index in [1.54, 1.807) is 79.9 Å². The van der Waals surface area contributed by atoms with Gasteiger partial charge >= 0.3 is 23.9 Å². The number of carbonyl (C=O) groups is 6. The van der Waals surface area contributed by atoms with E-state index < -0.39 is 113 Å². The van der Waals surface area contributed by atoms with Crippen molar-refractivity contribution in [3.05, 3.63) is 105 Å². The summed E-state index contributed by atoms with van der Waals surface area (Å²) >= 11 is 1.18. The summed E-state index contributed by atoms with van der Waals surface area (Å²) < 4.78 is 30.5. The molecule has 11 atom stereocenters. The molecule has 330 valence electrons. The summed E-state index contributed by atoms with van der Waals surface area (Å²) in [5, 5.41) is 42.0. The summed E-state index contributed by atoms with van der Waals surface area (Å²) in [6.45, 7) is 8.47. The van der Waals surface area contributed by atoms with Crippen molar-refractivity contribution in [3.63, 3.8) is 0 Å². The first-order valence-electron chi connectivity index (χ1n) is 20.5. The van der Waals surface area contributed by atoms with Gasteiger partial charge in [0.25, 0.3) is 5.91 Å². The Labute approximate surface area is 362 Å². The van der Waals surface area contributed by atoms with Gasteiger partial charge in [-0.25, -0.2) is 9.59 Å². The van der Waals surface area contributed by atoms with E-state index in [-0.39, 0.29) is 41.7 Å². The second-order valence-corrected chi connectivity index (χ2v) is 18.2. The number of nitrogens with one attached hydrogen (secondary N) is 1. The molecule has 1 saturated heterocycles. The lowest BCUT2D eigenvalue weighted by atomic mass is 9.44. The van der Waals surface area contributed by atoms with E-state index in [4.69, 9.17) is 23.7 Å². The van der Waals surface area contributed by atoms with Crippen LogP contribution in [0.2, 0.25) is 0 Å². The Morgan fingerprint density at radius 1 is 0.935 bits per heavy atom. The lowest BCUT2D eigenvalue weighted by molar-refractivity contribution is -0.346. The maximum absolute atomic E-state index is 15.6. The van der Waals surface area contributed by atoms with Crippen LogP contribution < -0.4 is 5.32 Å². The standard InChI is InChI=1S/C46H51NO14S/c1-7-32(50)59-36-33-24(2)28(58-42(55)35(51)34(29-19-14-20-62-29)47-40(53)26-15-10-8-11-16-26)22-46(56,43(33,4)5)39(60-41(54)27-17-12-9-13-18-27)37-44(6,38(36)52)30(49)21-31-45(37,23-57-31)61-25(3)48/h8-20,28,30-31,34-37,39,49,51,56H,7,21-23H2,1-6H3,(H,47,53)/t28-,30-,31+,34-,35+,36+,37?,39-,44+,45-,46+/m0/s1. The number of ketones is 1. The third kappa shape index (κ3) is 7.34. The molecule has 4 N–H and O–H groups in total. The zero-order valence-electron chi connectivity index (χ0n) is 35.2. The topological polar surface area (TPSA) is 221 Å². The van der Waals surface area contributed by atoms with Crippen LogP contribution in [0.4, 0.5) is 0 Å². The van der Waals surface area contributed by atoms with Gasteiger partial charge in [0.15, 0.2) is 23.6 Å². The monoisotopic (exact) mass is 873 g/mol. The van der Waals surface area contributed by atoms with E-state index in [1.807, 2.05) is 0 Å². The molecular formula is C46H51NO14S. The van der Waals surface area contributed by atoms with Crippen LogP contribution >= 0.6 is 11.3 Å². The quantitative estimate of drug-likeness (QED) is 0.121. The Hall–Kier alpha value is -5.26. The largest absolute Gasteiger partial charge is 0.456 e. The van der Waals surface area contributed by atoms with Crippen molar-refractivity contribution >= 4 is 46.9 Å². The van der Waals surface area contributed by atoms with Gasteiger partial charge in [-0.05, 0) is 60.7 Å². The van der Waals surface area contributed by atoms with Crippen LogP contribution in [-0.2, 0) is 42.9 Å². The van der Waals surface area contributed by atoms with E-state index in [0.717, 1.165) is 6.92 Å². The number of thiophene rings is 1. The summed E-state index contributed by atoms with van der Waals surface area (Å²) in [7, 11) is 0. The van der Waals surface area contributed by atoms with Gasteiger partial charge < -0.3 is 44.3 Å². The fourth-order valence-electron chi connectivity index (χ4n) is 10.0. The van der Waals surface area contributed by atoms with Crippen molar-refractivity contribution < 1.29 is 67.8 Å². The number of rotatable bonds is 11. The van der Waals surface area contributed by atoms with Crippen LogP contribution in [0.1, 0.15) is 92.4 Å². The van der Waals surface area contributed by atoms with E-state index in [9.17, 15) is 39.3 Å². The highest BCUT2D eigenvalue weighted by Gasteiger charge is 2.78. The Kier molecular flexibility index (Phi) is 12.1. The average molecular weight is 874 g/mol. The lowest BCUT2D eigenvalue weighted by Crippen LogP contribution is -2.82. The van der Waals surface area contributed by atoms with Crippen LogP contribution in [-0.4, -0.2) is 105 Å². The Balaban J connectivity index is 1.39. The molecule has 2 aromatic carbocycles. The fourth-order valence-corrected chi connectivity index (χ4v) is 10.8. The van der Waals surface area contributed by atoms with Crippen molar-refractivity contribution in [1.29, 1.82) is 0 Å². The van der Waals surface area contributed by atoms with Crippen molar-refractivity contribution in [3.8, 4) is 0 Å². The lowest BCUT2D eigenvalue weighted by Gasteiger charge is -2.67. The molecule has 0 spiro atoms. The zero-order chi connectivity index (χ0) is 44.9. The molecule has 16 heteroatoms. The molecular weight excluding hydrogens is 823 g/mol. The van der Waals surface area contributed by atoms with Crippen molar-refractivity contribution in [1.82, 2.24) is 5.32 Å². The minimum absolute atomic E-state index is 0.0127. The third-order valence-electron chi connectivity index (χ3n) is 13.4. The van der Waals surface area contributed by atoms with Gasteiger partial charge in [-0.15, -0.1) is 11.3 Å². The molecule has 62 heavy (non-hydrogen) atoms. The summed E-state index contributed by atoms with van der Waals surface area (Å²) in [5.41, 5.74) is -7.32. The van der Waals surface area contributed by atoms with Crippen LogP contribution in [0.5, 0.6) is 0 Å². The molecule has 1 aromatic heterocycles. The van der Waals surface area contributed by atoms with Crippen molar-refractivity contribution in [2.24, 2.45) is 16.7 Å². The van der Waals surface area contributed by atoms with E-state index in [2.05, 4.69) is 5.32 Å². The molecule has 1 unspecified atom stereocenters. The zero-order valence-corrected chi connectivity index (χ0v) is 36.0. The second kappa shape index (κ2) is 16.8. The number of aliphatic hydroxyl groups excluding tert-OH is 2. The molecule has 0 radical (unpaired) electrons. The van der Waals surface area contributed by atoms with Crippen molar-refractivity contribution in [2.45, 2.75) is 115 Å². The highest BCUT2D eigenvalue weighted by molar-refractivity contribution is 7.10. The van der Waals surface area contributed by atoms with Gasteiger partial charge in [0, 0.05) is 42.0 Å². The number of ether oxygens (including phenoxy) is 5. The number of fused-ring (bicyclic) bond motifs is 5. The molecule has 2 saturated carbocycles. The Morgan fingerprint density at radius 3 is 2.15 bits per heavy atom. The highest BCUT2D eigenvalue weighted by Crippen LogP contribution is 2.64. The SMILES string of the molecule is CCC(=O)O[C@H]1C(=O)[C@@]2(C)C([C@H](OC(=O)c3ccccc3)[C@]3(O)C[C@H](OC(=O)[C@H](O)[C@@H](NC(=O)c4ccccc4)c4cccs4)C(C)=C1C3(C)C)[C@]1(OC(C)=O)CO[C@@H]1C[C@@H]2O. The number of hydrogen-bond acceptors (Lipinski definition) is 15. The molecule has 3 aliphatic carbocycles. The van der Waals surface area contributed by atoms with E-state index in [0.29, 0.717) is 4.88 Å². The summed E-state index contributed by atoms with van der Waals surface area (Å²) in [6.07, 6.45) is -10.6. The van der Waals surface area contributed by atoms with Gasteiger partial charge in [-0.3, -0.25) is 19.2 Å². The van der Waals surface area contributed by atoms with Gasteiger partial charge in [-0.2, -0.15) is 0 Å². The molecule has 4 aliphatic rings. The van der Waals surface area contributed by atoms with Crippen molar-refractivity contribution in [2.75, 3.05) is 6.61 Å². The number of amides is 1. The number of Topliss-reactive ketones (excluding diaryl/α,β-unsaturated/α-hetero) is 1. The molecule has 15 nitrogen and oxygen atoms in total. The van der Waals surface area contributed by atoms with Crippen LogP contribution in [0.25, 0.3) is 0 Å². The molecule has 2 heterocycles. The first-order valence-corrected chi connectivity index (χ1v) is 21.4. The van der Waals surface area contributed by atoms with Crippen LogP contribution in [0.3, 0.4) is 0 Å². The summed E-state index contributed by atoms with van der Waals surface area (Å²) in [4.78, 5) is 84.3. The van der Waals surface area contributed by atoms with Gasteiger partial charge in [0.1, 0.15) is 30.0 Å². The number of hydrogen-bond donors (Lipinski definition) is 4. The number of benzene rings is 2.